The number of nitrogens with zero attached hydrogens (tertiary/aromatic N) is 2. The molecule has 0 bridgehead atoms. The Kier molecular flexibility index (Phi) is 6.45. The second-order valence-corrected chi connectivity index (χ2v) is 4.39. The van der Waals surface area contributed by atoms with E-state index in [0.29, 0.717) is 31.7 Å². The SMILES string of the molecule is CCN(CC)C(=O)CCNc1ccc([N+](=O)[O-])c(OC)c1. The lowest BCUT2D eigenvalue weighted by Crippen LogP contribution is -2.31. The first-order valence-corrected chi connectivity index (χ1v) is 6.87. The fourth-order valence-corrected chi connectivity index (χ4v) is 1.99. The maximum Gasteiger partial charge on any atom is 0.311 e. The molecule has 1 amide bonds. The Labute approximate surface area is 124 Å². The molecule has 116 valence electrons. The number of nitro benzene ring substituents is 1. The van der Waals surface area contributed by atoms with Crippen LogP contribution in [0.15, 0.2) is 18.2 Å². The van der Waals surface area contributed by atoms with Crippen LogP contribution in [0.3, 0.4) is 0 Å². The lowest BCUT2D eigenvalue weighted by atomic mass is 10.2. The van der Waals surface area contributed by atoms with E-state index >= 15 is 0 Å². The predicted molar refractivity (Wildman–Crippen MR) is 80.7 cm³/mol. The van der Waals surface area contributed by atoms with E-state index in [2.05, 4.69) is 5.32 Å². The first-order chi connectivity index (χ1) is 10.0. The van der Waals surface area contributed by atoms with Gasteiger partial charge >= 0.3 is 5.69 Å². The van der Waals surface area contributed by atoms with Crippen molar-refractivity contribution in [3.8, 4) is 5.75 Å². The van der Waals surface area contributed by atoms with Gasteiger partial charge in [0.2, 0.25) is 5.91 Å². The van der Waals surface area contributed by atoms with Crippen LogP contribution in [0.4, 0.5) is 11.4 Å². The molecule has 1 N–H and O–H groups in total. The molecule has 1 aromatic carbocycles. The molecule has 0 aliphatic rings. The second-order valence-electron chi connectivity index (χ2n) is 4.39. The van der Waals surface area contributed by atoms with Crippen molar-refractivity contribution in [3.05, 3.63) is 28.3 Å². The van der Waals surface area contributed by atoms with Gasteiger partial charge in [0, 0.05) is 43.9 Å². The highest BCUT2D eigenvalue weighted by Crippen LogP contribution is 2.29. The lowest BCUT2D eigenvalue weighted by molar-refractivity contribution is -0.385. The highest BCUT2D eigenvalue weighted by atomic mass is 16.6. The number of hydrogen-bond donors (Lipinski definition) is 1. The van der Waals surface area contributed by atoms with E-state index in [1.54, 1.807) is 17.0 Å². The van der Waals surface area contributed by atoms with E-state index in [1.165, 1.54) is 13.2 Å². The molecule has 0 aromatic heterocycles. The topological polar surface area (TPSA) is 84.7 Å². The van der Waals surface area contributed by atoms with Crippen LogP contribution in [-0.2, 0) is 4.79 Å². The summed E-state index contributed by atoms with van der Waals surface area (Å²) >= 11 is 0. The Morgan fingerprint density at radius 1 is 1.38 bits per heavy atom. The van der Waals surface area contributed by atoms with Gasteiger partial charge in [-0.2, -0.15) is 0 Å². The summed E-state index contributed by atoms with van der Waals surface area (Å²) in [6, 6.07) is 4.54. The van der Waals surface area contributed by atoms with Crippen LogP contribution in [0.25, 0.3) is 0 Å². The van der Waals surface area contributed by atoms with Gasteiger partial charge in [0.05, 0.1) is 12.0 Å². The summed E-state index contributed by atoms with van der Waals surface area (Å²) in [5.74, 6) is 0.279. The van der Waals surface area contributed by atoms with Crippen molar-refractivity contribution >= 4 is 17.3 Å². The highest BCUT2D eigenvalue weighted by Gasteiger charge is 2.15. The van der Waals surface area contributed by atoms with Gasteiger partial charge in [0.25, 0.3) is 0 Å². The number of amides is 1. The summed E-state index contributed by atoms with van der Waals surface area (Å²) < 4.78 is 4.99. The molecule has 0 aliphatic carbocycles. The monoisotopic (exact) mass is 295 g/mol. The maximum absolute atomic E-state index is 11.8. The van der Waals surface area contributed by atoms with E-state index in [0.717, 1.165) is 0 Å². The number of anilines is 1. The molecular weight excluding hydrogens is 274 g/mol. The minimum absolute atomic E-state index is 0.0812. The summed E-state index contributed by atoms with van der Waals surface area (Å²) in [7, 11) is 1.38. The van der Waals surface area contributed by atoms with Crippen LogP contribution in [0.1, 0.15) is 20.3 Å². The van der Waals surface area contributed by atoms with Gasteiger partial charge in [-0.3, -0.25) is 14.9 Å². The molecule has 1 aromatic rings. The summed E-state index contributed by atoms with van der Waals surface area (Å²) in [4.78, 5) is 23.9. The molecule has 1 rings (SSSR count). The largest absolute Gasteiger partial charge is 0.490 e. The van der Waals surface area contributed by atoms with Crippen LogP contribution in [0.2, 0.25) is 0 Å². The Bertz CT molecular complexity index is 501. The number of carbonyl (C=O) groups excluding carboxylic acids is 1. The minimum Gasteiger partial charge on any atom is -0.490 e. The minimum atomic E-state index is -0.494. The van der Waals surface area contributed by atoms with Gasteiger partial charge in [-0.25, -0.2) is 0 Å². The Morgan fingerprint density at radius 3 is 2.57 bits per heavy atom. The third-order valence-corrected chi connectivity index (χ3v) is 3.16. The van der Waals surface area contributed by atoms with Crippen molar-refractivity contribution in [1.82, 2.24) is 4.90 Å². The molecule has 7 heteroatoms. The number of nitro groups is 1. The third kappa shape index (κ3) is 4.62. The summed E-state index contributed by atoms with van der Waals surface area (Å²) in [6.07, 6.45) is 0.376. The van der Waals surface area contributed by atoms with Crippen molar-refractivity contribution < 1.29 is 14.5 Å². The smallest absolute Gasteiger partial charge is 0.311 e. The van der Waals surface area contributed by atoms with E-state index in [4.69, 9.17) is 4.74 Å². The zero-order chi connectivity index (χ0) is 15.8. The van der Waals surface area contributed by atoms with Gasteiger partial charge in [0.15, 0.2) is 5.75 Å². The number of nitrogens with one attached hydrogen (secondary N) is 1. The van der Waals surface area contributed by atoms with Crippen molar-refractivity contribution in [2.45, 2.75) is 20.3 Å². The molecule has 0 fully saturated rings. The summed E-state index contributed by atoms with van der Waals surface area (Å²) in [5, 5.41) is 13.9. The number of benzene rings is 1. The lowest BCUT2D eigenvalue weighted by Gasteiger charge is -2.18. The molecule has 0 radical (unpaired) electrons. The number of rotatable bonds is 8. The van der Waals surface area contributed by atoms with Crippen LogP contribution >= 0.6 is 0 Å². The first-order valence-electron chi connectivity index (χ1n) is 6.87. The van der Waals surface area contributed by atoms with Gasteiger partial charge in [-0.05, 0) is 19.9 Å². The third-order valence-electron chi connectivity index (χ3n) is 3.16. The fraction of sp³-hybridized carbons (Fsp3) is 0.500. The van der Waals surface area contributed by atoms with Crippen molar-refractivity contribution in [1.29, 1.82) is 0 Å². The number of carbonyl (C=O) groups is 1. The molecule has 0 saturated heterocycles. The standard InChI is InChI=1S/C14H21N3O4/c1-4-16(5-2)14(18)8-9-15-11-6-7-12(17(19)20)13(10-11)21-3/h6-7,10,15H,4-5,8-9H2,1-3H3. The quantitative estimate of drug-likeness (QED) is 0.587. The Hall–Kier alpha value is -2.31. The van der Waals surface area contributed by atoms with Gasteiger partial charge in [-0.15, -0.1) is 0 Å². The highest BCUT2D eigenvalue weighted by molar-refractivity contribution is 5.76. The molecule has 0 aliphatic heterocycles. The van der Waals surface area contributed by atoms with E-state index in [-0.39, 0.29) is 17.3 Å². The van der Waals surface area contributed by atoms with Crippen molar-refractivity contribution in [2.24, 2.45) is 0 Å². The average molecular weight is 295 g/mol. The summed E-state index contributed by atoms with van der Waals surface area (Å²) in [5.41, 5.74) is 0.604. The number of hydrogen-bond acceptors (Lipinski definition) is 5. The Balaban J connectivity index is 2.60. The molecule has 0 heterocycles. The molecule has 0 saturated carbocycles. The van der Waals surface area contributed by atoms with Crippen LogP contribution in [0.5, 0.6) is 5.75 Å². The van der Waals surface area contributed by atoms with Gasteiger partial charge in [-0.1, -0.05) is 0 Å². The zero-order valence-corrected chi connectivity index (χ0v) is 12.6. The average Bonchev–Trinajstić information content (AvgIpc) is 2.48. The van der Waals surface area contributed by atoms with Crippen LogP contribution in [-0.4, -0.2) is 42.5 Å². The van der Waals surface area contributed by atoms with E-state index < -0.39 is 4.92 Å². The molecule has 0 unspecified atom stereocenters. The predicted octanol–water partition coefficient (Wildman–Crippen LogP) is 2.27. The molecule has 0 spiro atoms. The molecule has 0 atom stereocenters. The van der Waals surface area contributed by atoms with Crippen molar-refractivity contribution in [2.75, 3.05) is 32.1 Å². The van der Waals surface area contributed by atoms with E-state index in [1.807, 2.05) is 13.8 Å². The summed E-state index contributed by atoms with van der Waals surface area (Å²) in [6.45, 7) is 5.74. The molecular formula is C14H21N3O4. The fourth-order valence-electron chi connectivity index (χ4n) is 1.99. The number of ether oxygens (including phenoxy) is 1. The number of methoxy groups -OCH3 is 1. The zero-order valence-electron chi connectivity index (χ0n) is 12.6. The Morgan fingerprint density at radius 2 is 2.05 bits per heavy atom. The first kappa shape index (κ1) is 16.7. The van der Waals surface area contributed by atoms with Gasteiger partial charge in [0.1, 0.15) is 0 Å². The van der Waals surface area contributed by atoms with Crippen LogP contribution < -0.4 is 10.1 Å². The second kappa shape index (κ2) is 8.08. The molecule has 21 heavy (non-hydrogen) atoms. The normalized spacial score (nSPS) is 10.0. The maximum atomic E-state index is 11.8. The van der Waals surface area contributed by atoms with Crippen LogP contribution in [0, 0.1) is 10.1 Å². The molecule has 7 nitrogen and oxygen atoms in total. The van der Waals surface area contributed by atoms with Crippen molar-refractivity contribution in [3.63, 3.8) is 0 Å². The van der Waals surface area contributed by atoms with Gasteiger partial charge < -0.3 is 15.0 Å². The van der Waals surface area contributed by atoms with E-state index in [9.17, 15) is 14.9 Å².